The molecule has 1 saturated heterocycles. The molecule has 1 aliphatic rings. The lowest BCUT2D eigenvalue weighted by molar-refractivity contribution is 0.0591. The Morgan fingerprint density at radius 3 is 2.48 bits per heavy atom. The third-order valence-electron chi connectivity index (χ3n) is 4.70. The van der Waals surface area contributed by atoms with Crippen LogP contribution in [0.15, 0.2) is 60.8 Å². The van der Waals surface area contributed by atoms with E-state index in [2.05, 4.69) is 9.97 Å². The number of piperidine rings is 1. The number of rotatable bonds is 4. The summed E-state index contributed by atoms with van der Waals surface area (Å²) in [5, 5.41) is 0.692. The average Bonchev–Trinajstić information content (AvgIpc) is 3.21. The van der Waals surface area contributed by atoms with Crippen LogP contribution in [0.3, 0.4) is 0 Å². The number of imidazole rings is 1. The van der Waals surface area contributed by atoms with Crippen molar-refractivity contribution in [1.82, 2.24) is 14.9 Å². The van der Waals surface area contributed by atoms with Crippen LogP contribution >= 0.6 is 11.6 Å². The number of likely N-dealkylation sites (tertiary alicyclic amines) is 1. The van der Waals surface area contributed by atoms with Gasteiger partial charge in [0.1, 0.15) is 23.4 Å². The van der Waals surface area contributed by atoms with Crippen LogP contribution in [0.25, 0.3) is 11.4 Å². The van der Waals surface area contributed by atoms with Crippen molar-refractivity contribution >= 4 is 17.5 Å². The number of hydrogen-bond donors (Lipinski definition) is 1. The van der Waals surface area contributed by atoms with Gasteiger partial charge in [-0.15, -0.1) is 0 Å². The Morgan fingerprint density at radius 1 is 1.07 bits per heavy atom. The van der Waals surface area contributed by atoms with Gasteiger partial charge in [0.05, 0.1) is 6.20 Å². The highest BCUT2D eigenvalue weighted by Gasteiger charge is 2.25. The molecule has 0 aliphatic carbocycles. The molecule has 2 heterocycles. The number of benzene rings is 2. The number of carbonyl (C=O) groups is 1. The third kappa shape index (κ3) is 4.14. The van der Waals surface area contributed by atoms with Gasteiger partial charge in [-0.2, -0.15) is 0 Å². The zero-order valence-electron chi connectivity index (χ0n) is 14.8. The summed E-state index contributed by atoms with van der Waals surface area (Å²) in [7, 11) is 0. The number of nitrogens with zero attached hydrogens (tertiary/aromatic N) is 2. The van der Waals surface area contributed by atoms with E-state index in [9.17, 15) is 4.79 Å². The summed E-state index contributed by atoms with van der Waals surface area (Å²) >= 11 is 5.90. The molecule has 3 aromatic rings. The topological polar surface area (TPSA) is 58.2 Å². The second-order valence-corrected chi connectivity index (χ2v) is 7.01. The Hall–Kier alpha value is -2.79. The average molecular weight is 382 g/mol. The minimum Gasteiger partial charge on any atom is -0.490 e. The van der Waals surface area contributed by atoms with E-state index in [0.717, 1.165) is 24.2 Å². The molecule has 0 atom stereocenters. The second kappa shape index (κ2) is 7.84. The lowest BCUT2D eigenvalue weighted by Gasteiger charge is -2.31. The van der Waals surface area contributed by atoms with Crippen LogP contribution in [0, 0.1) is 0 Å². The third-order valence-corrected chi connectivity index (χ3v) is 4.95. The van der Waals surface area contributed by atoms with E-state index in [1.54, 1.807) is 6.20 Å². The van der Waals surface area contributed by atoms with Crippen LogP contribution in [0.4, 0.5) is 0 Å². The number of ether oxygens (including phenoxy) is 1. The fourth-order valence-electron chi connectivity index (χ4n) is 3.23. The summed E-state index contributed by atoms with van der Waals surface area (Å²) < 4.78 is 5.99. The maximum Gasteiger partial charge on any atom is 0.271 e. The molecule has 0 saturated carbocycles. The molecule has 138 valence electrons. The van der Waals surface area contributed by atoms with Crippen molar-refractivity contribution in [2.24, 2.45) is 0 Å². The predicted molar refractivity (Wildman–Crippen MR) is 105 cm³/mol. The molecule has 1 aromatic heterocycles. The van der Waals surface area contributed by atoms with Crippen molar-refractivity contribution < 1.29 is 9.53 Å². The van der Waals surface area contributed by atoms with Gasteiger partial charge in [0.15, 0.2) is 0 Å². The molecule has 27 heavy (non-hydrogen) atoms. The molecule has 6 heteroatoms. The first-order chi connectivity index (χ1) is 13.2. The van der Waals surface area contributed by atoms with Gasteiger partial charge < -0.3 is 14.6 Å². The van der Waals surface area contributed by atoms with Gasteiger partial charge >= 0.3 is 0 Å². The molecule has 2 aromatic carbocycles. The standard InChI is InChI=1S/C21H20ClN3O2/c22-16-6-8-17(9-7-16)27-18-10-12-25(13-11-18)21(26)19-14-23-20(24-19)15-4-2-1-3-5-15/h1-9,14,18H,10-13H2,(H,23,24). The molecule has 1 fully saturated rings. The molecule has 0 unspecified atom stereocenters. The van der Waals surface area contributed by atoms with Crippen LogP contribution in [-0.2, 0) is 0 Å². The molecular formula is C21H20ClN3O2. The normalized spacial score (nSPS) is 14.9. The molecule has 1 N–H and O–H groups in total. The summed E-state index contributed by atoms with van der Waals surface area (Å²) in [5.41, 5.74) is 1.48. The largest absolute Gasteiger partial charge is 0.490 e. The molecule has 4 rings (SSSR count). The molecule has 0 bridgehead atoms. The van der Waals surface area contributed by atoms with Gasteiger partial charge in [-0.3, -0.25) is 4.79 Å². The zero-order valence-corrected chi connectivity index (χ0v) is 15.5. The number of nitrogens with one attached hydrogen (secondary N) is 1. The Kier molecular flexibility index (Phi) is 5.12. The smallest absolute Gasteiger partial charge is 0.271 e. The number of H-pyrrole nitrogens is 1. The van der Waals surface area contributed by atoms with Gasteiger partial charge in [0, 0.05) is 36.5 Å². The molecule has 5 nitrogen and oxygen atoms in total. The van der Waals surface area contributed by atoms with E-state index < -0.39 is 0 Å². The fraction of sp³-hybridized carbons (Fsp3) is 0.238. The highest BCUT2D eigenvalue weighted by molar-refractivity contribution is 6.30. The number of hydrogen-bond acceptors (Lipinski definition) is 3. The molecule has 0 spiro atoms. The van der Waals surface area contributed by atoms with Crippen LogP contribution in [0.5, 0.6) is 5.75 Å². The number of carbonyl (C=O) groups excluding carboxylic acids is 1. The molecular weight excluding hydrogens is 362 g/mol. The van der Waals surface area contributed by atoms with Crippen molar-refractivity contribution in [3.63, 3.8) is 0 Å². The molecule has 1 amide bonds. The van der Waals surface area contributed by atoms with Gasteiger partial charge in [-0.05, 0) is 24.3 Å². The SMILES string of the molecule is O=C(c1cnc(-c2ccccc2)[nH]1)N1CCC(Oc2ccc(Cl)cc2)CC1. The van der Waals surface area contributed by atoms with Crippen molar-refractivity contribution in [1.29, 1.82) is 0 Å². The highest BCUT2D eigenvalue weighted by Crippen LogP contribution is 2.22. The van der Waals surface area contributed by atoms with Crippen LogP contribution in [0.1, 0.15) is 23.3 Å². The van der Waals surface area contributed by atoms with Gasteiger partial charge in [0.25, 0.3) is 5.91 Å². The minimum atomic E-state index is -0.0189. The van der Waals surface area contributed by atoms with E-state index >= 15 is 0 Å². The van der Waals surface area contributed by atoms with Crippen LogP contribution in [-0.4, -0.2) is 40.0 Å². The zero-order chi connectivity index (χ0) is 18.6. The first-order valence-corrected chi connectivity index (χ1v) is 9.39. The predicted octanol–water partition coefficient (Wildman–Crippen LogP) is 4.41. The molecule has 0 radical (unpaired) electrons. The summed E-state index contributed by atoms with van der Waals surface area (Å²) in [6.45, 7) is 1.33. The maximum absolute atomic E-state index is 12.7. The summed E-state index contributed by atoms with van der Waals surface area (Å²) in [4.78, 5) is 22.1. The summed E-state index contributed by atoms with van der Waals surface area (Å²) in [6, 6.07) is 17.2. The Morgan fingerprint density at radius 2 is 1.78 bits per heavy atom. The Bertz CT molecular complexity index is 901. The van der Waals surface area contributed by atoms with E-state index in [1.807, 2.05) is 59.5 Å². The Labute approximate surface area is 162 Å². The summed E-state index contributed by atoms with van der Waals surface area (Å²) in [5.74, 6) is 1.50. The maximum atomic E-state index is 12.7. The number of amides is 1. The first kappa shape index (κ1) is 17.6. The summed E-state index contributed by atoms with van der Waals surface area (Å²) in [6.07, 6.45) is 3.32. The van der Waals surface area contributed by atoms with E-state index in [-0.39, 0.29) is 12.0 Å². The minimum absolute atomic E-state index is 0.0189. The van der Waals surface area contributed by atoms with E-state index in [4.69, 9.17) is 16.3 Å². The fourth-order valence-corrected chi connectivity index (χ4v) is 3.35. The Balaban J connectivity index is 1.35. The quantitative estimate of drug-likeness (QED) is 0.728. The number of halogens is 1. The highest BCUT2D eigenvalue weighted by atomic mass is 35.5. The number of aromatic nitrogens is 2. The van der Waals surface area contributed by atoms with Crippen LogP contribution in [0.2, 0.25) is 5.02 Å². The van der Waals surface area contributed by atoms with Gasteiger partial charge in [-0.25, -0.2) is 4.98 Å². The lowest BCUT2D eigenvalue weighted by atomic mass is 10.1. The lowest BCUT2D eigenvalue weighted by Crippen LogP contribution is -2.41. The van der Waals surface area contributed by atoms with E-state index in [0.29, 0.717) is 29.6 Å². The second-order valence-electron chi connectivity index (χ2n) is 6.57. The monoisotopic (exact) mass is 381 g/mol. The van der Waals surface area contributed by atoms with Crippen molar-refractivity contribution in [2.75, 3.05) is 13.1 Å². The first-order valence-electron chi connectivity index (χ1n) is 9.01. The number of aromatic amines is 1. The van der Waals surface area contributed by atoms with E-state index in [1.165, 1.54) is 0 Å². The molecule has 1 aliphatic heterocycles. The van der Waals surface area contributed by atoms with Crippen molar-refractivity contribution in [3.05, 3.63) is 71.5 Å². The van der Waals surface area contributed by atoms with Crippen molar-refractivity contribution in [3.8, 4) is 17.1 Å². The van der Waals surface area contributed by atoms with Crippen molar-refractivity contribution in [2.45, 2.75) is 18.9 Å². The van der Waals surface area contributed by atoms with Gasteiger partial charge in [-0.1, -0.05) is 41.9 Å². The van der Waals surface area contributed by atoms with Gasteiger partial charge in [0.2, 0.25) is 0 Å². The van der Waals surface area contributed by atoms with Crippen LogP contribution < -0.4 is 4.74 Å².